The second kappa shape index (κ2) is 4.13. The molecule has 5 heteroatoms. The maximum atomic E-state index is 5.71. The molecule has 1 aromatic rings. The number of hydrogen-bond donors (Lipinski definition) is 1. The highest BCUT2D eigenvalue weighted by Crippen LogP contribution is 2.25. The molecular formula is C8H15N3OS. The molecule has 1 rings (SSSR count). The Bertz CT molecular complexity index is 250. The predicted molar refractivity (Wildman–Crippen MR) is 52.5 cm³/mol. The molecule has 0 bridgehead atoms. The van der Waals surface area contributed by atoms with Gasteiger partial charge in [-0.15, -0.1) is 0 Å². The number of nitrogens with zero attached hydrogens (tertiary/aromatic N) is 2. The van der Waals surface area contributed by atoms with Crippen LogP contribution in [0.25, 0.3) is 0 Å². The van der Waals surface area contributed by atoms with Gasteiger partial charge in [0.05, 0.1) is 6.10 Å². The van der Waals surface area contributed by atoms with Crippen molar-refractivity contribution < 1.29 is 4.74 Å². The lowest BCUT2D eigenvalue weighted by molar-refractivity contribution is -0.0666. The van der Waals surface area contributed by atoms with E-state index in [0.717, 1.165) is 5.01 Å². The normalized spacial score (nSPS) is 16.1. The molecule has 0 aliphatic carbocycles. The maximum absolute atomic E-state index is 5.71. The number of hydrogen-bond acceptors (Lipinski definition) is 5. The molecule has 4 nitrogen and oxygen atoms in total. The van der Waals surface area contributed by atoms with Gasteiger partial charge in [0.25, 0.3) is 0 Å². The van der Waals surface area contributed by atoms with Crippen LogP contribution in [0.3, 0.4) is 0 Å². The SMILES string of the molecule is CC(C)OC(C)(CN)c1ncns1. The lowest BCUT2D eigenvalue weighted by atomic mass is 10.1. The van der Waals surface area contributed by atoms with E-state index in [2.05, 4.69) is 9.36 Å². The molecule has 0 spiro atoms. The van der Waals surface area contributed by atoms with E-state index in [1.807, 2.05) is 20.8 Å². The quantitative estimate of drug-likeness (QED) is 0.793. The molecule has 0 amide bonds. The van der Waals surface area contributed by atoms with Gasteiger partial charge in [-0.05, 0) is 32.3 Å². The van der Waals surface area contributed by atoms with Crippen LogP contribution in [0.15, 0.2) is 6.33 Å². The van der Waals surface area contributed by atoms with Crippen LogP contribution in [0.1, 0.15) is 25.8 Å². The Hall–Kier alpha value is -0.520. The van der Waals surface area contributed by atoms with Crippen molar-refractivity contribution in [2.24, 2.45) is 5.73 Å². The molecule has 0 aliphatic rings. The molecule has 2 N–H and O–H groups in total. The van der Waals surface area contributed by atoms with E-state index in [1.54, 1.807) is 0 Å². The zero-order valence-electron chi connectivity index (χ0n) is 8.15. The number of ether oxygens (including phenoxy) is 1. The van der Waals surface area contributed by atoms with E-state index >= 15 is 0 Å². The highest BCUT2D eigenvalue weighted by Gasteiger charge is 2.30. The zero-order valence-corrected chi connectivity index (χ0v) is 8.97. The molecule has 0 aliphatic heterocycles. The van der Waals surface area contributed by atoms with Crippen LogP contribution in [0, 0.1) is 0 Å². The average molecular weight is 201 g/mol. The van der Waals surface area contributed by atoms with Crippen LogP contribution in [0.2, 0.25) is 0 Å². The van der Waals surface area contributed by atoms with E-state index in [-0.39, 0.29) is 6.10 Å². The van der Waals surface area contributed by atoms with Crippen molar-refractivity contribution in [3.8, 4) is 0 Å². The van der Waals surface area contributed by atoms with Gasteiger partial charge >= 0.3 is 0 Å². The van der Waals surface area contributed by atoms with E-state index < -0.39 is 5.60 Å². The lowest BCUT2D eigenvalue weighted by Gasteiger charge is -2.27. The molecule has 0 radical (unpaired) electrons. The third-order valence-electron chi connectivity index (χ3n) is 1.70. The third-order valence-corrected chi connectivity index (χ3v) is 2.61. The molecule has 0 fully saturated rings. The Morgan fingerprint density at radius 3 is 2.77 bits per heavy atom. The molecule has 74 valence electrons. The number of rotatable bonds is 4. The Morgan fingerprint density at radius 1 is 1.69 bits per heavy atom. The van der Waals surface area contributed by atoms with Crippen LogP contribution in [-0.2, 0) is 10.3 Å². The van der Waals surface area contributed by atoms with E-state index in [1.165, 1.54) is 17.9 Å². The Labute approximate surface area is 82.3 Å². The summed E-state index contributed by atoms with van der Waals surface area (Å²) in [4.78, 5) is 4.11. The van der Waals surface area contributed by atoms with Gasteiger partial charge in [0.15, 0.2) is 0 Å². The first-order chi connectivity index (χ1) is 6.08. The van der Waals surface area contributed by atoms with Crippen LogP contribution in [0.5, 0.6) is 0 Å². The minimum atomic E-state index is -0.491. The minimum Gasteiger partial charge on any atom is -0.364 e. The highest BCUT2D eigenvalue weighted by atomic mass is 32.1. The van der Waals surface area contributed by atoms with Gasteiger partial charge < -0.3 is 10.5 Å². The summed E-state index contributed by atoms with van der Waals surface area (Å²) in [5.41, 5.74) is 5.17. The summed E-state index contributed by atoms with van der Waals surface area (Å²) in [7, 11) is 0. The molecule has 1 unspecified atom stereocenters. The standard InChI is InChI=1S/C8H15N3OS/c1-6(2)12-8(3,4-9)7-10-5-11-13-7/h5-6H,4,9H2,1-3H3. The maximum Gasteiger partial charge on any atom is 0.146 e. The summed E-state index contributed by atoms with van der Waals surface area (Å²) in [5.74, 6) is 0. The number of aromatic nitrogens is 2. The fraction of sp³-hybridized carbons (Fsp3) is 0.750. The third kappa shape index (κ3) is 2.46. The van der Waals surface area contributed by atoms with Crippen LogP contribution >= 0.6 is 11.5 Å². The fourth-order valence-electron chi connectivity index (χ4n) is 1.11. The molecule has 1 aromatic heterocycles. The van der Waals surface area contributed by atoms with Gasteiger partial charge in [-0.2, -0.15) is 4.37 Å². The summed E-state index contributed by atoms with van der Waals surface area (Å²) in [6, 6.07) is 0. The highest BCUT2D eigenvalue weighted by molar-refractivity contribution is 7.05. The zero-order chi connectivity index (χ0) is 9.90. The number of nitrogens with two attached hydrogens (primary N) is 1. The van der Waals surface area contributed by atoms with Crippen molar-refractivity contribution in [1.82, 2.24) is 9.36 Å². The first-order valence-electron chi connectivity index (χ1n) is 4.23. The first-order valence-corrected chi connectivity index (χ1v) is 5.01. The lowest BCUT2D eigenvalue weighted by Crippen LogP contribution is -2.36. The molecule has 0 saturated carbocycles. The topological polar surface area (TPSA) is 61.0 Å². The fourth-order valence-corrected chi connectivity index (χ4v) is 1.73. The molecule has 0 saturated heterocycles. The average Bonchev–Trinajstić information content (AvgIpc) is 2.55. The van der Waals surface area contributed by atoms with Crippen molar-refractivity contribution in [3.05, 3.63) is 11.3 Å². The van der Waals surface area contributed by atoms with Crippen molar-refractivity contribution in [2.45, 2.75) is 32.5 Å². The summed E-state index contributed by atoms with van der Waals surface area (Å²) in [6.07, 6.45) is 1.66. The van der Waals surface area contributed by atoms with Gasteiger partial charge in [0, 0.05) is 6.54 Å². The largest absolute Gasteiger partial charge is 0.364 e. The predicted octanol–water partition coefficient (Wildman–Crippen LogP) is 1.14. The minimum absolute atomic E-state index is 0.137. The van der Waals surface area contributed by atoms with Gasteiger partial charge in [-0.25, -0.2) is 4.98 Å². The Balaban J connectivity index is 2.81. The summed E-state index contributed by atoms with van der Waals surface area (Å²) in [6.45, 7) is 6.32. The van der Waals surface area contributed by atoms with Gasteiger partial charge in [0.2, 0.25) is 0 Å². The second-order valence-electron chi connectivity index (χ2n) is 3.35. The van der Waals surface area contributed by atoms with E-state index in [4.69, 9.17) is 10.5 Å². The van der Waals surface area contributed by atoms with E-state index in [9.17, 15) is 0 Å². The molecule has 0 aromatic carbocycles. The van der Waals surface area contributed by atoms with Gasteiger partial charge in [-0.1, -0.05) is 0 Å². The van der Waals surface area contributed by atoms with E-state index in [0.29, 0.717) is 6.54 Å². The summed E-state index contributed by atoms with van der Waals surface area (Å²) >= 11 is 1.33. The van der Waals surface area contributed by atoms with Crippen molar-refractivity contribution in [3.63, 3.8) is 0 Å². The second-order valence-corrected chi connectivity index (χ2v) is 4.13. The molecule has 1 atom stereocenters. The van der Waals surface area contributed by atoms with Crippen LogP contribution in [0.4, 0.5) is 0 Å². The van der Waals surface area contributed by atoms with Crippen molar-refractivity contribution >= 4 is 11.5 Å². The monoisotopic (exact) mass is 201 g/mol. The molecular weight excluding hydrogens is 186 g/mol. The Morgan fingerprint density at radius 2 is 2.38 bits per heavy atom. The van der Waals surface area contributed by atoms with Crippen LogP contribution < -0.4 is 5.73 Å². The van der Waals surface area contributed by atoms with Gasteiger partial charge in [0.1, 0.15) is 16.9 Å². The molecule has 1 heterocycles. The van der Waals surface area contributed by atoms with Crippen molar-refractivity contribution in [1.29, 1.82) is 0 Å². The smallest absolute Gasteiger partial charge is 0.146 e. The van der Waals surface area contributed by atoms with Crippen LogP contribution in [-0.4, -0.2) is 22.0 Å². The molecule has 13 heavy (non-hydrogen) atoms. The summed E-state index contributed by atoms with van der Waals surface area (Å²) < 4.78 is 9.65. The van der Waals surface area contributed by atoms with Crippen molar-refractivity contribution in [2.75, 3.05) is 6.54 Å². The first kappa shape index (κ1) is 10.6. The summed E-state index contributed by atoms with van der Waals surface area (Å²) in [5, 5.41) is 0.837. The Kier molecular flexibility index (Phi) is 3.35. The van der Waals surface area contributed by atoms with Gasteiger partial charge in [-0.3, -0.25) is 0 Å².